The van der Waals surface area contributed by atoms with Gasteiger partial charge in [-0.05, 0) is 44.4 Å². The largest absolute Gasteiger partial charge is 0.472 e. The van der Waals surface area contributed by atoms with Crippen molar-refractivity contribution in [1.82, 2.24) is 0 Å². The van der Waals surface area contributed by atoms with E-state index in [0.29, 0.717) is 23.3 Å². The molecule has 5 atom stereocenters. The summed E-state index contributed by atoms with van der Waals surface area (Å²) in [5.74, 6) is 1.38. The summed E-state index contributed by atoms with van der Waals surface area (Å²) in [6, 6.07) is 0.256. The Labute approximate surface area is 132 Å². The van der Waals surface area contributed by atoms with Crippen LogP contribution in [-0.4, -0.2) is 30.1 Å². The molecule has 2 heterocycles. The number of ether oxygens (including phenoxy) is 2. The molecule has 4 aliphatic rings. The summed E-state index contributed by atoms with van der Waals surface area (Å²) in [7, 11) is 0. The molecule has 0 amide bonds. The summed E-state index contributed by atoms with van der Waals surface area (Å²) in [6.07, 6.45) is 11.4. The van der Waals surface area contributed by atoms with Gasteiger partial charge in [0, 0.05) is 5.92 Å². The molecule has 0 bridgehead atoms. The van der Waals surface area contributed by atoms with Gasteiger partial charge in [-0.15, -0.1) is 0 Å². The quantitative estimate of drug-likeness (QED) is 0.735. The molecule has 0 saturated heterocycles. The smallest absolute Gasteiger partial charge is 0.343 e. The van der Waals surface area contributed by atoms with Crippen LogP contribution in [0.15, 0.2) is 16.6 Å². The molecule has 22 heavy (non-hydrogen) atoms. The molecular weight excluding hydrogens is 278 g/mol. The number of esters is 1. The number of hydrogen-bond donors (Lipinski definition) is 0. The average Bonchev–Trinajstić information content (AvgIpc) is 2.97. The second-order valence-electron chi connectivity index (χ2n) is 7.22. The lowest BCUT2D eigenvalue weighted by atomic mass is 9.77. The highest BCUT2D eigenvalue weighted by Crippen LogP contribution is 2.38. The molecule has 4 heteroatoms. The van der Waals surface area contributed by atoms with E-state index in [9.17, 15) is 4.79 Å². The molecule has 2 fully saturated rings. The number of hydrogen-bond acceptors (Lipinski definition) is 4. The molecule has 0 aromatic carbocycles. The lowest BCUT2D eigenvalue weighted by molar-refractivity contribution is -0.150. The summed E-state index contributed by atoms with van der Waals surface area (Å²) in [6.45, 7) is 2.22. The SMILES string of the molecule is CCC1CCC2C=C(C3=NC4CCCCC4O3)C(=O)OC2C1. The summed E-state index contributed by atoms with van der Waals surface area (Å²) in [5, 5.41) is 0. The van der Waals surface area contributed by atoms with Crippen molar-refractivity contribution < 1.29 is 14.3 Å². The predicted molar refractivity (Wildman–Crippen MR) is 83.6 cm³/mol. The molecule has 0 N–H and O–H groups in total. The number of rotatable bonds is 2. The second-order valence-corrected chi connectivity index (χ2v) is 7.22. The number of aliphatic imine (C=N–C) groups is 1. The van der Waals surface area contributed by atoms with Crippen LogP contribution in [0.3, 0.4) is 0 Å². The van der Waals surface area contributed by atoms with Crippen molar-refractivity contribution in [2.75, 3.05) is 0 Å². The van der Waals surface area contributed by atoms with E-state index in [-0.39, 0.29) is 24.2 Å². The van der Waals surface area contributed by atoms with Gasteiger partial charge in [-0.1, -0.05) is 25.8 Å². The van der Waals surface area contributed by atoms with E-state index in [2.05, 4.69) is 18.0 Å². The zero-order valence-corrected chi connectivity index (χ0v) is 13.3. The first kappa shape index (κ1) is 14.3. The maximum Gasteiger partial charge on any atom is 0.343 e. The Kier molecular flexibility index (Phi) is 3.71. The van der Waals surface area contributed by atoms with Crippen LogP contribution >= 0.6 is 0 Å². The average molecular weight is 303 g/mol. The lowest BCUT2D eigenvalue weighted by Gasteiger charge is -2.36. The van der Waals surface area contributed by atoms with Gasteiger partial charge in [0.25, 0.3) is 0 Å². The maximum atomic E-state index is 12.4. The monoisotopic (exact) mass is 303 g/mol. The highest BCUT2D eigenvalue weighted by Gasteiger charge is 2.41. The van der Waals surface area contributed by atoms with Crippen LogP contribution in [0.5, 0.6) is 0 Å². The number of carbonyl (C=O) groups is 1. The minimum atomic E-state index is -0.226. The summed E-state index contributed by atoms with van der Waals surface area (Å²) in [5.41, 5.74) is 0.589. The molecule has 2 aliphatic carbocycles. The Morgan fingerprint density at radius 3 is 2.82 bits per heavy atom. The molecule has 2 saturated carbocycles. The van der Waals surface area contributed by atoms with Crippen molar-refractivity contribution in [1.29, 1.82) is 0 Å². The van der Waals surface area contributed by atoms with Gasteiger partial charge in [0.2, 0.25) is 5.90 Å². The zero-order valence-electron chi connectivity index (χ0n) is 13.3. The Morgan fingerprint density at radius 1 is 1.14 bits per heavy atom. The van der Waals surface area contributed by atoms with E-state index in [1.54, 1.807) is 0 Å². The van der Waals surface area contributed by atoms with Crippen molar-refractivity contribution >= 4 is 11.9 Å². The van der Waals surface area contributed by atoms with Crippen molar-refractivity contribution in [2.45, 2.75) is 76.5 Å². The fraction of sp³-hybridized carbons (Fsp3) is 0.778. The van der Waals surface area contributed by atoms with Crippen molar-refractivity contribution in [3.05, 3.63) is 11.6 Å². The van der Waals surface area contributed by atoms with Crippen LogP contribution in [0, 0.1) is 11.8 Å². The Morgan fingerprint density at radius 2 is 2.00 bits per heavy atom. The van der Waals surface area contributed by atoms with Crippen LogP contribution in [-0.2, 0) is 14.3 Å². The number of carbonyl (C=O) groups excluding carboxylic acids is 1. The van der Waals surface area contributed by atoms with E-state index in [4.69, 9.17) is 9.47 Å². The Balaban J connectivity index is 1.53. The van der Waals surface area contributed by atoms with Gasteiger partial charge >= 0.3 is 5.97 Å². The molecule has 4 nitrogen and oxygen atoms in total. The molecule has 120 valence electrons. The van der Waals surface area contributed by atoms with Crippen LogP contribution in [0.25, 0.3) is 0 Å². The third-order valence-electron chi connectivity index (χ3n) is 5.83. The first-order chi connectivity index (χ1) is 10.7. The van der Waals surface area contributed by atoms with Gasteiger partial charge in [-0.2, -0.15) is 0 Å². The first-order valence-corrected chi connectivity index (χ1v) is 8.92. The number of fused-ring (bicyclic) bond motifs is 2. The molecule has 0 spiro atoms. The Bertz CT molecular complexity index is 524. The third-order valence-corrected chi connectivity index (χ3v) is 5.83. The van der Waals surface area contributed by atoms with Gasteiger partial charge < -0.3 is 9.47 Å². The maximum absolute atomic E-state index is 12.4. The predicted octanol–water partition coefficient (Wildman–Crippen LogP) is 3.40. The normalized spacial score (nSPS) is 40.8. The van der Waals surface area contributed by atoms with Gasteiger partial charge in [0.15, 0.2) is 0 Å². The topological polar surface area (TPSA) is 47.9 Å². The van der Waals surface area contributed by atoms with Gasteiger partial charge in [0.05, 0.1) is 6.04 Å². The highest BCUT2D eigenvalue weighted by atomic mass is 16.6. The lowest BCUT2D eigenvalue weighted by Crippen LogP contribution is -2.38. The number of nitrogens with zero attached hydrogens (tertiary/aromatic N) is 1. The summed E-state index contributed by atoms with van der Waals surface area (Å²) >= 11 is 0. The van der Waals surface area contributed by atoms with Gasteiger partial charge in [-0.3, -0.25) is 0 Å². The van der Waals surface area contributed by atoms with Crippen LogP contribution < -0.4 is 0 Å². The highest BCUT2D eigenvalue weighted by molar-refractivity contribution is 6.17. The van der Waals surface area contributed by atoms with Crippen LogP contribution in [0.2, 0.25) is 0 Å². The van der Waals surface area contributed by atoms with Crippen LogP contribution in [0.4, 0.5) is 0 Å². The van der Waals surface area contributed by atoms with Crippen molar-refractivity contribution in [3.8, 4) is 0 Å². The first-order valence-electron chi connectivity index (χ1n) is 8.92. The van der Waals surface area contributed by atoms with E-state index >= 15 is 0 Å². The fourth-order valence-electron chi connectivity index (χ4n) is 4.39. The fourth-order valence-corrected chi connectivity index (χ4v) is 4.39. The van der Waals surface area contributed by atoms with Crippen molar-refractivity contribution in [2.24, 2.45) is 16.8 Å². The van der Waals surface area contributed by atoms with Crippen LogP contribution in [0.1, 0.15) is 58.3 Å². The minimum absolute atomic E-state index is 0.0687. The molecule has 0 aromatic heterocycles. The molecule has 0 radical (unpaired) electrons. The summed E-state index contributed by atoms with van der Waals surface area (Å²) in [4.78, 5) is 17.1. The molecule has 2 aliphatic heterocycles. The van der Waals surface area contributed by atoms with E-state index < -0.39 is 0 Å². The van der Waals surface area contributed by atoms with E-state index in [1.165, 1.54) is 25.7 Å². The summed E-state index contributed by atoms with van der Waals surface area (Å²) < 4.78 is 11.7. The molecular formula is C18H25NO3. The van der Waals surface area contributed by atoms with Gasteiger partial charge in [0.1, 0.15) is 17.8 Å². The zero-order chi connectivity index (χ0) is 15.1. The van der Waals surface area contributed by atoms with Gasteiger partial charge in [-0.25, -0.2) is 9.79 Å². The Hall–Kier alpha value is -1.32. The molecule has 5 unspecified atom stereocenters. The van der Waals surface area contributed by atoms with Crippen molar-refractivity contribution in [3.63, 3.8) is 0 Å². The third kappa shape index (κ3) is 2.46. The standard InChI is InChI=1S/C18H25NO3/c1-2-11-7-8-12-10-13(18(20)22-16(12)9-11)17-19-14-5-3-4-6-15(14)21-17/h10-12,14-16H,2-9H2,1H3. The molecule has 0 aromatic rings. The van der Waals surface area contributed by atoms with E-state index in [1.807, 2.05) is 0 Å². The molecule has 4 rings (SSSR count). The second kappa shape index (κ2) is 5.71. The minimum Gasteiger partial charge on any atom is -0.472 e. The van der Waals surface area contributed by atoms with E-state index in [0.717, 1.165) is 25.7 Å².